The summed E-state index contributed by atoms with van der Waals surface area (Å²) in [6, 6.07) is 13.4. The van der Waals surface area contributed by atoms with Crippen molar-refractivity contribution in [2.45, 2.75) is 34.1 Å². The molecule has 0 spiro atoms. The molecule has 2 aromatic carbocycles. The first-order valence-electron chi connectivity index (χ1n) is 12.5. The first-order chi connectivity index (χ1) is 17.4. The van der Waals surface area contributed by atoms with Crippen LogP contribution in [-0.4, -0.2) is 47.9 Å². The number of likely N-dealkylation sites (N-methyl/N-ethyl adjacent to an activating group) is 1. The van der Waals surface area contributed by atoms with Crippen LogP contribution in [0.25, 0.3) is 22.8 Å². The lowest BCUT2D eigenvalue weighted by atomic mass is 9.94. The van der Waals surface area contributed by atoms with E-state index < -0.39 is 0 Å². The van der Waals surface area contributed by atoms with Gasteiger partial charge in [0.15, 0.2) is 0 Å². The second-order valence-electron chi connectivity index (χ2n) is 8.90. The fourth-order valence-electron chi connectivity index (χ4n) is 4.75. The van der Waals surface area contributed by atoms with E-state index in [2.05, 4.69) is 34.4 Å². The lowest BCUT2D eigenvalue weighted by molar-refractivity contribution is -0.110. The predicted molar refractivity (Wildman–Crippen MR) is 148 cm³/mol. The average Bonchev–Trinajstić information content (AvgIpc) is 3.38. The van der Waals surface area contributed by atoms with Gasteiger partial charge in [0.1, 0.15) is 0 Å². The summed E-state index contributed by atoms with van der Waals surface area (Å²) in [7, 11) is 0. The molecule has 2 heterocycles. The van der Waals surface area contributed by atoms with Gasteiger partial charge in [-0.1, -0.05) is 56.6 Å². The summed E-state index contributed by atoms with van der Waals surface area (Å²) in [5, 5.41) is 6.71. The number of aryl methyl sites for hydroxylation is 1. The number of amides is 2. The van der Waals surface area contributed by atoms with Gasteiger partial charge in [0.2, 0.25) is 0 Å². The smallest absolute Gasteiger partial charge is 0.256 e. The number of hydrogen-bond donors (Lipinski definition) is 3. The van der Waals surface area contributed by atoms with Crippen LogP contribution in [0.15, 0.2) is 42.5 Å². The number of benzene rings is 2. The third-order valence-corrected chi connectivity index (χ3v) is 7.08. The number of fused-ring (bicyclic) bond motifs is 1. The van der Waals surface area contributed by atoms with Crippen molar-refractivity contribution in [1.82, 2.24) is 15.2 Å². The van der Waals surface area contributed by atoms with E-state index in [0.29, 0.717) is 29.1 Å². The predicted octanol–water partition coefficient (Wildman–Crippen LogP) is 5.77. The van der Waals surface area contributed by atoms with Crippen LogP contribution in [0.3, 0.4) is 0 Å². The molecule has 3 aromatic rings. The largest absolute Gasteiger partial charge is 0.358 e. The highest BCUT2D eigenvalue weighted by Crippen LogP contribution is 2.41. The van der Waals surface area contributed by atoms with Crippen molar-refractivity contribution >= 4 is 40.8 Å². The normalized spacial score (nSPS) is 13.8. The van der Waals surface area contributed by atoms with Gasteiger partial charge in [0.05, 0.1) is 11.1 Å². The molecule has 4 rings (SSSR count). The Morgan fingerprint density at radius 2 is 1.81 bits per heavy atom. The lowest BCUT2D eigenvalue weighted by Gasteiger charge is -2.18. The van der Waals surface area contributed by atoms with Gasteiger partial charge in [0, 0.05) is 40.8 Å². The topological polar surface area (TPSA) is 77.2 Å². The minimum Gasteiger partial charge on any atom is -0.358 e. The van der Waals surface area contributed by atoms with E-state index in [1.807, 2.05) is 62.4 Å². The lowest BCUT2D eigenvalue weighted by Crippen LogP contribution is -2.35. The quantitative estimate of drug-likeness (QED) is 0.324. The summed E-state index contributed by atoms with van der Waals surface area (Å²) >= 11 is 6.09. The Bertz CT molecular complexity index is 1300. The minimum absolute atomic E-state index is 0.0875. The van der Waals surface area contributed by atoms with Gasteiger partial charge in [0.25, 0.3) is 11.8 Å². The number of carbonyl (C=O) groups is 2. The highest BCUT2D eigenvalue weighted by molar-refractivity contribution is 6.36. The van der Waals surface area contributed by atoms with Crippen molar-refractivity contribution in [3.8, 4) is 11.1 Å². The standard InChI is InChI=1S/C29H33ClN4O2/c1-5-23-26(29(36)31-15-16-34(6-2)7-3)18(4)25(32-23)17-22-27-21(19-11-13-20(30)14-12-19)9-8-10-24(27)33-28(22)35/h8-14,17,32H,5-7,15-16H2,1-4H3,(H,31,36)(H,33,35)/b22-17-. The fourth-order valence-corrected chi connectivity index (χ4v) is 4.88. The molecule has 7 heteroatoms. The molecular weight excluding hydrogens is 472 g/mol. The first-order valence-corrected chi connectivity index (χ1v) is 12.9. The zero-order valence-corrected chi connectivity index (χ0v) is 22.1. The van der Waals surface area contributed by atoms with E-state index in [4.69, 9.17) is 11.6 Å². The van der Waals surface area contributed by atoms with Crippen molar-refractivity contribution in [3.05, 3.63) is 75.6 Å². The van der Waals surface area contributed by atoms with Crippen molar-refractivity contribution in [2.75, 3.05) is 31.5 Å². The van der Waals surface area contributed by atoms with E-state index in [-0.39, 0.29) is 11.8 Å². The second-order valence-corrected chi connectivity index (χ2v) is 9.34. The third-order valence-electron chi connectivity index (χ3n) is 6.83. The van der Waals surface area contributed by atoms with Crippen LogP contribution in [-0.2, 0) is 11.2 Å². The van der Waals surface area contributed by atoms with Crippen molar-refractivity contribution in [2.24, 2.45) is 0 Å². The molecular formula is C29H33ClN4O2. The zero-order chi connectivity index (χ0) is 25.8. The summed E-state index contributed by atoms with van der Waals surface area (Å²) < 4.78 is 0. The number of aromatic amines is 1. The van der Waals surface area contributed by atoms with Crippen LogP contribution < -0.4 is 10.6 Å². The van der Waals surface area contributed by atoms with E-state index >= 15 is 0 Å². The number of rotatable bonds is 9. The number of halogens is 1. The van der Waals surface area contributed by atoms with Crippen molar-refractivity contribution < 1.29 is 9.59 Å². The Balaban J connectivity index is 1.69. The second kappa shape index (κ2) is 11.1. The number of anilines is 1. The molecule has 0 saturated carbocycles. The first kappa shape index (κ1) is 25.7. The van der Waals surface area contributed by atoms with Crippen LogP contribution in [0.5, 0.6) is 0 Å². The highest BCUT2D eigenvalue weighted by Gasteiger charge is 2.28. The van der Waals surface area contributed by atoms with Crippen LogP contribution in [0.2, 0.25) is 5.02 Å². The molecule has 3 N–H and O–H groups in total. The van der Waals surface area contributed by atoms with Crippen molar-refractivity contribution in [1.29, 1.82) is 0 Å². The molecule has 1 aliphatic rings. The van der Waals surface area contributed by atoms with Crippen LogP contribution >= 0.6 is 11.6 Å². The molecule has 0 unspecified atom stereocenters. The van der Waals surface area contributed by atoms with Gasteiger partial charge in [-0.25, -0.2) is 0 Å². The Kier molecular flexibility index (Phi) is 7.97. The molecule has 0 atom stereocenters. The molecule has 36 heavy (non-hydrogen) atoms. The molecule has 1 aromatic heterocycles. The molecule has 0 aliphatic carbocycles. The summed E-state index contributed by atoms with van der Waals surface area (Å²) in [6.45, 7) is 11.5. The number of hydrogen-bond acceptors (Lipinski definition) is 3. The maximum Gasteiger partial charge on any atom is 0.256 e. The number of nitrogens with one attached hydrogen (secondary N) is 3. The van der Waals surface area contributed by atoms with E-state index in [9.17, 15) is 9.59 Å². The van der Waals surface area contributed by atoms with Gasteiger partial charge in [-0.2, -0.15) is 0 Å². The Morgan fingerprint density at radius 1 is 1.08 bits per heavy atom. The van der Waals surface area contributed by atoms with E-state index in [1.54, 1.807) is 0 Å². The monoisotopic (exact) mass is 504 g/mol. The molecule has 188 valence electrons. The van der Waals surface area contributed by atoms with Crippen LogP contribution in [0.1, 0.15) is 53.6 Å². The molecule has 1 aliphatic heterocycles. The van der Waals surface area contributed by atoms with Gasteiger partial charge in [-0.3, -0.25) is 9.59 Å². The van der Waals surface area contributed by atoms with E-state index in [1.165, 1.54) is 0 Å². The number of carbonyl (C=O) groups excluding carboxylic acids is 2. The van der Waals surface area contributed by atoms with Gasteiger partial charge < -0.3 is 20.5 Å². The maximum absolute atomic E-state index is 13.1. The maximum atomic E-state index is 13.1. The van der Waals surface area contributed by atoms with Gasteiger partial charge in [-0.05, 0) is 67.4 Å². The Hall–Kier alpha value is -3.35. The van der Waals surface area contributed by atoms with Gasteiger partial charge >= 0.3 is 0 Å². The SMILES string of the molecule is CCc1[nH]c(/C=C2\C(=O)Nc3cccc(-c4ccc(Cl)cc4)c32)c(C)c1C(=O)NCCN(CC)CC. The Morgan fingerprint density at radius 3 is 2.47 bits per heavy atom. The van der Waals surface area contributed by atoms with Gasteiger partial charge in [-0.15, -0.1) is 0 Å². The van der Waals surface area contributed by atoms with Crippen LogP contribution in [0, 0.1) is 6.92 Å². The minimum atomic E-state index is -0.163. The summed E-state index contributed by atoms with van der Waals surface area (Å²) in [4.78, 5) is 31.8. The third kappa shape index (κ3) is 5.11. The average molecular weight is 505 g/mol. The summed E-state index contributed by atoms with van der Waals surface area (Å²) in [5.74, 6) is -0.251. The fraction of sp³-hybridized carbons (Fsp3) is 0.310. The number of aromatic nitrogens is 1. The number of nitrogens with zero attached hydrogens (tertiary/aromatic N) is 1. The van der Waals surface area contributed by atoms with Crippen molar-refractivity contribution in [3.63, 3.8) is 0 Å². The Labute approximate surface area is 217 Å². The molecule has 0 radical (unpaired) electrons. The van der Waals surface area contributed by atoms with E-state index in [0.717, 1.165) is 59.0 Å². The zero-order valence-electron chi connectivity index (χ0n) is 21.3. The molecule has 0 saturated heterocycles. The molecule has 6 nitrogen and oxygen atoms in total. The molecule has 2 amide bonds. The summed E-state index contributed by atoms with van der Waals surface area (Å²) in [6.07, 6.45) is 2.55. The summed E-state index contributed by atoms with van der Waals surface area (Å²) in [5.41, 5.74) is 7.24. The number of H-pyrrole nitrogens is 1. The van der Waals surface area contributed by atoms with Crippen LogP contribution in [0.4, 0.5) is 5.69 Å². The highest BCUT2D eigenvalue weighted by atomic mass is 35.5. The molecule has 0 bridgehead atoms. The molecule has 0 fully saturated rings.